The van der Waals surface area contributed by atoms with Crippen LogP contribution in [0.15, 0.2) is 17.8 Å². The number of thiazole rings is 1. The zero-order valence-electron chi connectivity index (χ0n) is 16.1. The van der Waals surface area contributed by atoms with E-state index in [4.69, 9.17) is 20.5 Å². The molecular formula is C19H23N7O2S. The van der Waals surface area contributed by atoms with Gasteiger partial charge in [0.2, 0.25) is 5.91 Å². The first-order valence-electron chi connectivity index (χ1n) is 9.66. The van der Waals surface area contributed by atoms with Crippen molar-refractivity contribution in [1.29, 1.82) is 10.8 Å². The highest BCUT2D eigenvalue weighted by Crippen LogP contribution is 2.35. The molecule has 1 amide bonds. The highest BCUT2D eigenvalue weighted by Gasteiger charge is 2.38. The van der Waals surface area contributed by atoms with Crippen LogP contribution >= 0.6 is 11.3 Å². The Bertz CT molecular complexity index is 911. The number of amides is 1. The summed E-state index contributed by atoms with van der Waals surface area (Å²) >= 11 is 1.35. The van der Waals surface area contributed by atoms with Gasteiger partial charge in [-0.15, -0.1) is 11.3 Å². The fraction of sp³-hybridized carbons (Fsp3) is 0.474. The number of hydrogen-bond donors (Lipinski definition) is 3. The van der Waals surface area contributed by atoms with Crippen LogP contribution in [0.1, 0.15) is 42.9 Å². The Hall–Kier alpha value is -2.72. The molecule has 3 N–H and O–H groups in total. The highest BCUT2D eigenvalue weighted by atomic mass is 32.1. The molecule has 152 valence electrons. The number of nitrogens with zero attached hydrogens (tertiary/aromatic N) is 4. The van der Waals surface area contributed by atoms with Gasteiger partial charge in [0, 0.05) is 37.0 Å². The van der Waals surface area contributed by atoms with Gasteiger partial charge >= 0.3 is 0 Å². The second kappa shape index (κ2) is 8.34. The summed E-state index contributed by atoms with van der Waals surface area (Å²) in [6.45, 7) is 3.30. The van der Waals surface area contributed by atoms with E-state index in [1.807, 2.05) is 6.92 Å². The Labute approximate surface area is 172 Å². The van der Waals surface area contributed by atoms with Crippen LogP contribution in [-0.4, -0.2) is 58.1 Å². The van der Waals surface area contributed by atoms with E-state index in [0.29, 0.717) is 42.0 Å². The average Bonchev–Trinajstić information content (AvgIpc) is 3.29. The molecule has 2 aliphatic rings. The monoisotopic (exact) mass is 413 g/mol. The lowest BCUT2D eigenvalue weighted by Crippen LogP contribution is -2.54. The number of rotatable bonds is 6. The van der Waals surface area contributed by atoms with Gasteiger partial charge in [-0.2, -0.15) is 0 Å². The number of aromatic nitrogens is 3. The average molecular weight is 414 g/mol. The zero-order chi connectivity index (χ0) is 20.4. The number of fused-ring (bicyclic) bond motifs is 1. The maximum Gasteiger partial charge on any atom is 0.247 e. The summed E-state index contributed by atoms with van der Waals surface area (Å²) in [5, 5.41) is 21.6. The SMILES string of the molecule is CCC1C(=O)Nc2cnc(C(C=N)C(=N)c3nccs3)nc2N1C1CCOCC1. The molecule has 10 heteroatoms. The maximum atomic E-state index is 12.7. The van der Waals surface area contributed by atoms with Crippen molar-refractivity contribution in [3.05, 3.63) is 28.6 Å². The molecular weight excluding hydrogens is 390 g/mol. The molecule has 0 spiro atoms. The number of carbonyl (C=O) groups is 1. The summed E-state index contributed by atoms with van der Waals surface area (Å²) in [6, 6.07) is -0.164. The van der Waals surface area contributed by atoms with Gasteiger partial charge < -0.3 is 25.8 Å². The lowest BCUT2D eigenvalue weighted by molar-refractivity contribution is -0.118. The lowest BCUT2D eigenvalue weighted by Gasteiger charge is -2.43. The summed E-state index contributed by atoms with van der Waals surface area (Å²) in [7, 11) is 0. The van der Waals surface area contributed by atoms with Crippen LogP contribution in [-0.2, 0) is 9.53 Å². The van der Waals surface area contributed by atoms with Crippen molar-refractivity contribution >= 4 is 40.7 Å². The quantitative estimate of drug-likeness (QED) is 0.624. The summed E-state index contributed by atoms with van der Waals surface area (Å²) in [4.78, 5) is 28.0. The minimum absolute atomic E-state index is 0.0537. The van der Waals surface area contributed by atoms with Crippen LogP contribution in [0.2, 0.25) is 0 Å². The van der Waals surface area contributed by atoms with Crippen LogP contribution in [0.25, 0.3) is 0 Å². The van der Waals surface area contributed by atoms with Crippen LogP contribution in [0.3, 0.4) is 0 Å². The van der Waals surface area contributed by atoms with E-state index in [1.54, 1.807) is 17.8 Å². The van der Waals surface area contributed by atoms with E-state index in [1.165, 1.54) is 17.6 Å². The molecule has 2 atom stereocenters. The first kappa shape index (κ1) is 19.6. The number of hydrogen-bond acceptors (Lipinski definition) is 9. The minimum Gasteiger partial charge on any atom is -0.381 e. The predicted molar refractivity (Wildman–Crippen MR) is 112 cm³/mol. The van der Waals surface area contributed by atoms with Crippen molar-refractivity contribution in [3.63, 3.8) is 0 Å². The molecule has 0 radical (unpaired) electrons. The van der Waals surface area contributed by atoms with Crippen molar-refractivity contribution < 1.29 is 9.53 Å². The van der Waals surface area contributed by atoms with Gasteiger partial charge in [-0.05, 0) is 19.3 Å². The third-order valence-electron chi connectivity index (χ3n) is 5.32. The molecule has 0 aromatic carbocycles. The van der Waals surface area contributed by atoms with Gasteiger partial charge in [0.25, 0.3) is 0 Å². The summed E-state index contributed by atoms with van der Waals surface area (Å²) in [6.07, 6.45) is 6.70. The van der Waals surface area contributed by atoms with Gasteiger partial charge in [-0.25, -0.2) is 15.0 Å². The van der Waals surface area contributed by atoms with Gasteiger partial charge in [-0.1, -0.05) is 6.92 Å². The maximum absolute atomic E-state index is 12.7. The van der Waals surface area contributed by atoms with E-state index in [2.05, 4.69) is 20.2 Å². The zero-order valence-corrected chi connectivity index (χ0v) is 16.9. The molecule has 0 bridgehead atoms. The number of ether oxygens (including phenoxy) is 1. The summed E-state index contributed by atoms with van der Waals surface area (Å²) in [5.41, 5.74) is 0.763. The van der Waals surface area contributed by atoms with Crippen molar-refractivity contribution in [2.45, 2.75) is 44.2 Å². The fourth-order valence-corrected chi connectivity index (χ4v) is 4.49. The highest BCUT2D eigenvalue weighted by molar-refractivity contribution is 7.11. The van der Waals surface area contributed by atoms with Crippen molar-refractivity contribution in [2.24, 2.45) is 0 Å². The van der Waals surface area contributed by atoms with Crippen LogP contribution in [0, 0.1) is 10.8 Å². The molecule has 29 heavy (non-hydrogen) atoms. The van der Waals surface area contributed by atoms with Gasteiger partial charge in [0.1, 0.15) is 22.6 Å². The van der Waals surface area contributed by atoms with Crippen molar-refractivity contribution in [3.8, 4) is 0 Å². The van der Waals surface area contributed by atoms with Gasteiger partial charge in [-0.3, -0.25) is 4.79 Å². The molecule has 2 unspecified atom stereocenters. The van der Waals surface area contributed by atoms with Gasteiger partial charge in [0.15, 0.2) is 5.82 Å². The predicted octanol–water partition coefficient (Wildman–Crippen LogP) is 2.45. The van der Waals surface area contributed by atoms with Crippen LogP contribution in [0.5, 0.6) is 0 Å². The Balaban J connectivity index is 1.74. The molecule has 0 aliphatic carbocycles. The topological polar surface area (TPSA) is 128 Å². The number of anilines is 2. The largest absolute Gasteiger partial charge is 0.381 e. The third-order valence-corrected chi connectivity index (χ3v) is 6.12. The third kappa shape index (κ3) is 3.65. The van der Waals surface area contributed by atoms with E-state index in [0.717, 1.165) is 12.8 Å². The van der Waals surface area contributed by atoms with E-state index >= 15 is 0 Å². The molecule has 4 heterocycles. The standard InChI is InChI=1S/C19H23N7O2S/c1-2-14-18(27)24-13-10-23-16(12(9-20)15(21)19-22-5-8-29-19)25-17(13)26(14)11-3-6-28-7-4-11/h5,8-12,14,20-21H,2-4,6-7H2,1H3,(H,24,27). The Kier molecular flexibility index (Phi) is 5.63. The smallest absolute Gasteiger partial charge is 0.247 e. The first-order chi connectivity index (χ1) is 14.1. The molecule has 2 aliphatic heterocycles. The number of carbonyl (C=O) groups excluding carboxylic acids is 1. The van der Waals surface area contributed by atoms with Crippen LogP contribution in [0.4, 0.5) is 11.5 Å². The molecule has 4 rings (SSSR count). The van der Waals surface area contributed by atoms with Gasteiger partial charge in [0.05, 0.1) is 17.8 Å². The van der Waals surface area contributed by atoms with Crippen LogP contribution < -0.4 is 10.2 Å². The normalized spacial score (nSPS) is 20.7. The Morgan fingerprint density at radius 2 is 2.24 bits per heavy atom. The van der Waals surface area contributed by atoms with E-state index in [-0.39, 0.29) is 23.7 Å². The Morgan fingerprint density at radius 3 is 2.90 bits per heavy atom. The Morgan fingerprint density at radius 1 is 1.45 bits per heavy atom. The second-order valence-electron chi connectivity index (χ2n) is 7.02. The first-order valence-corrected chi connectivity index (χ1v) is 10.5. The molecule has 9 nitrogen and oxygen atoms in total. The minimum atomic E-state index is -0.694. The lowest BCUT2D eigenvalue weighted by atomic mass is 10.00. The second-order valence-corrected chi connectivity index (χ2v) is 7.92. The van der Waals surface area contributed by atoms with E-state index < -0.39 is 5.92 Å². The van der Waals surface area contributed by atoms with Crippen molar-refractivity contribution in [2.75, 3.05) is 23.4 Å². The molecule has 2 aromatic rings. The summed E-state index contributed by atoms with van der Waals surface area (Å²) < 4.78 is 5.50. The molecule has 1 fully saturated rings. The molecule has 1 saturated heterocycles. The molecule has 0 saturated carbocycles. The fourth-order valence-electron chi connectivity index (χ4n) is 3.86. The number of nitrogens with one attached hydrogen (secondary N) is 3. The summed E-state index contributed by atoms with van der Waals surface area (Å²) in [5.74, 6) is 0.275. The molecule has 2 aromatic heterocycles. The van der Waals surface area contributed by atoms with Crippen molar-refractivity contribution in [1.82, 2.24) is 15.0 Å². The van der Waals surface area contributed by atoms with E-state index in [9.17, 15) is 4.79 Å².